The van der Waals surface area contributed by atoms with Crippen LogP contribution in [0.15, 0.2) is 47.7 Å². The molecule has 1 aliphatic rings. The molecule has 0 bridgehead atoms. The molecular weight excluding hydrogens is 266 g/mol. The second-order valence-electron chi connectivity index (χ2n) is 5.24. The van der Waals surface area contributed by atoms with Crippen LogP contribution in [0.4, 0.5) is 0 Å². The fraction of sp³-hybridized carbons (Fsp3) is 0.312. The van der Waals surface area contributed by atoms with Gasteiger partial charge in [0, 0.05) is 31.2 Å². The van der Waals surface area contributed by atoms with Crippen molar-refractivity contribution in [2.24, 2.45) is 0 Å². The Hall–Kier alpha value is -2.43. The minimum absolute atomic E-state index is 0.000926. The van der Waals surface area contributed by atoms with Crippen molar-refractivity contribution in [3.8, 4) is 0 Å². The molecule has 1 N–H and O–H groups in total. The second kappa shape index (κ2) is 5.91. The van der Waals surface area contributed by atoms with E-state index < -0.39 is 0 Å². The monoisotopic (exact) mass is 283 g/mol. The minimum atomic E-state index is -0.125. The summed E-state index contributed by atoms with van der Waals surface area (Å²) in [7, 11) is 0. The molecule has 3 rings (SSSR count). The van der Waals surface area contributed by atoms with Crippen molar-refractivity contribution in [1.29, 1.82) is 0 Å². The number of aromatic amines is 1. The number of hydrogen-bond acceptors (Lipinski definition) is 3. The van der Waals surface area contributed by atoms with Crippen LogP contribution in [0.5, 0.6) is 0 Å². The maximum absolute atomic E-state index is 12.7. The Labute approximate surface area is 122 Å². The number of hydrogen-bond donors (Lipinski definition) is 1. The first-order valence-corrected chi connectivity index (χ1v) is 7.15. The highest BCUT2D eigenvalue weighted by Crippen LogP contribution is 2.31. The first-order chi connectivity index (χ1) is 10.3. The van der Waals surface area contributed by atoms with E-state index in [4.69, 9.17) is 0 Å². The molecule has 21 heavy (non-hydrogen) atoms. The van der Waals surface area contributed by atoms with Crippen LogP contribution in [0, 0.1) is 0 Å². The van der Waals surface area contributed by atoms with Crippen LogP contribution in [0.3, 0.4) is 0 Å². The van der Waals surface area contributed by atoms with E-state index in [0.717, 1.165) is 31.4 Å². The molecular formula is C16H17N3O2. The van der Waals surface area contributed by atoms with E-state index in [2.05, 4.69) is 9.97 Å². The molecule has 2 aromatic rings. The molecule has 2 aromatic heterocycles. The number of amides is 1. The maximum Gasteiger partial charge on any atom is 0.255 e. The van der Waals surface area contributed by atoms with E-state index >= 15 is 0 Å². The fourth-order valence-corrected chi connectivity index (χ4v) is 2.81. The number of likely N-dealkylation sites (tertiary alicyclic amines) is 1. The van der Waals surface area contributed by atoms with Crippen molar-refractivity contribution in [3.63, 3.8) is 0 Å². The van der Waals surface area contributed by atoms with Gasteiger partial charge in [-0.25, -0.2) is 0 Å². The van der Waals surface area contributed by atoms with E-state index in [1.54, 1.807) is 36.8 Å². The van der Waals surface area contributed by atoms with Gasteiger partial charge in [-0.05, 0) is 37.0 Å². The average molecular weight is 283 g/mol. The molecule has 1 unspecified atom stereocenters. The molecule has 1 amide bonds. The Balaban J connectivity index is 1.89. The summed E-state index contributed by atoms with van der Waals surface area (Å²) in [5, 5.41) is 0. The molecule has 5 heteroatoms. The highest BCUT2D eigenvalue weighted by molar-refractivity contribution is 5.94. The number of pyridine rings is 2. The van der Waals surface area contributed by atoms with Gasteiger partial charge in [0.15, 0.2) is 0 Å². The zero-order valence-corrected chi connectivity index (χ0v) is 11.7. The van der Waals surface area contributed by atoms with Gasteiger partial charge in [-0.15, -0.1) is 0 Å². The minimum Gasteiger partial charge on any atom is -0.332 e. The van der Waals surface area contributed by atoms with Crippen molar-refractivity contribution < 1.29 is 4.79 Å². The van der Waals surface area contributed by atoms with Gasteiger partial charge in [-0.1, -0.05) is 6.07 Å². The topological polar surface area (TPSA) is 66.1 Å². The molecule has 1 aliphatic heterocycles. The van der Waals surface area contributed by atoms with Gasteiger partial charge in [0.1, 0.15) is 0 Å². The van der Waals surface area contributed by atoms with Gasteiger partial charge in [0.25, 0.3) is 5.91 Å². The zero-order valence-electron chi connectivity index (χ0n) is 11.7. The van der Waals surface area contributed by atoms with E-state index in [1.807, 2.05) is 4.90 Å². The van der Waals surface area contributed by atoms with Gasteiger partial charge in [-0.2, -0.15) is 0 Å². The van der Waals surface area contributed by atoms with Crippen molar-refractivity contribution >= 4 is 5.91 Å². The summed E-state index contributed by atoms with van der Waals surface area (Å²) >= 11 is 0. The van der Waals surface area contributed by atoms with E-state index in [1.165, 1.54) is 6.07 Å². The van der Waals surface area contributed by atoms with Crippen LogP contribution >= 0.6 is 0 Å². The molecule has 0 aromatic carbocycles. The first-order valence-electron chi connectivity index (χ1n) is 7.15. The summed E-state index contributed by atoms with van der Waals surface area (Å²) in [4.78, 5) is 32.4. The number of H-pyrrole nitrogens is 1. The number of carbonyl (C=O) groups excluding carboxylic acids is 1. The summed E-state index contributed by atoms with van der Waals surface area (Å²) in [6.07, 6.45) is 7.97. The lowest BCUT2D eigenvalue weighted by molar-refractivity contribution is 0.0610. The Morgan fingerprint density at radius 2 is 2.19 bits per heavy atom. The standard InChI is InChI=1S/C16H17N3O2/c20-15-7-6-12(11-18-15)14-5-1-2-9-19(14)16(21)13-4-3-8-17-10-13/h3-4,6-8,10-11,14H,1-2,5,9H2,(H,18,20). The predicted octanol–water partition coefficient (Wildman–Crippen LogP) is 2.14. The summed E-state index contributed by atoms with van der Waals surface area (Å²) in [6.45, 7) is 0.734. The third-order valence-electron chi connectivity index (χ3n) is 3.87. The molecule has 108 valence electrons. The molecule has 1 saturated heterocycles. The number of aromatic nitrogens is 2. The van der Waals surface area contributed by atoms with Crippen molar-refractivity contribution in [2.75, 3.05) is 6.54 Å². The number of carbonyl (C=O) groups is 1. The Morgan fingerprint density at radius 1 is 1.29 bits per heavy atom. The molecule has 0 spiro atoms. The van der Waals surface area contributed by atoms with Crippen LogP contribution in [0.25, 0.3) is 0 Å². The molecule has 1 fully saturated rings. The smallest absolute Gasteiger partial charge is 0.255 e. The zero-order chi connectivity index (χ0) is 14.7. The Bertz CT molecular complexity index is 661. The van der Waals surface area contributed by atoms with Crippen LogP contribution in [0.2, 0.25) is 0 Å². The molecule has 1 atom stereocenters. The molecule has 0 aliphatic carbocycles. The van der Waals surface area contributed by atoms with Crippen molar-refractivity contribution in [1.82, 2.24) is 14.9 Å². The Morgan fingerprint density at radius 3 is 2.90 bits per heavy atom. The van der Waals surface area contributed by atoms with Crippen LogP contribution in [-0.4, -0.2) is 27.3 Å². The van der Waals surface area contributed by atoms with Crippen LogP contribution in [0.1, 0.15) is 41.2 Å². The molecule has 3 heterocycles. The summed E-state index contributed by atoms with van der Waals surface area (Å²) in [5.41, 5.74) is 1.46. The summed E-state index contributed by atoms with van der Waals surface area (Å²) < 4.78 is 0. The quantitative estimate of drug-likeness (QED) is 0.918. The number of nitrogens with zero attached hydrogens (tertiary/aromatic N) is 2. The number of piperidine rings is 1. The predicted molar refractivity (Wildman–Crippen MR) is 78.9 cm³/mol. The van der Waals surface area contributed by atoms with Gasteiger partial charge in [0.2, 0.25) is 5.56 Å². The van der Waals surface area contributed by atoms with Crippen molar-refractivity contribution in [3.05, 3.63) is 64.3 Å². The number of nitrogens with one attached hydrogen (secondary N) is 1. The highest BCUT2D eigenvalue weighted by atomic mass is 16.2. The van der Waals surface area contributed by atoms with Gasteiger partial charge < -0.3 is 9.88 Å². The van der Waals surface area contributed by atoms with Gasteiger partial charge in [0.05, 0.1) is 11.6 Å². The molecule has 0 radical (unpaired) electrons. The van der Waals surface area contributed by atoms with E-state index in [9.17, 15) is 9.59 Å². The maximum atomic E-state index is 12.7. The highest BCUT2D eigenvalue weighted by Gasteiger charge is 2.28. The molecule has 5 nitrogen and oxygen atoms in total. The van der Waals surface area contributed by atoms with Gasteiger partial charge >= 0.3 is 0 Å². The lowest BCUT2D eigenvalue weighted by Crippen LogP contribution is -2.38. The van der Waals surface area contributed by atoms with Gasteiger partial charge in [-0.3, -0.25) is 14.6 Å². The largest absolute Gasteiger partial charge is 0.332 e. The molecule has 0 saturated carbocycles. The second-order valence-corrected chi connectivity index (χ2v) is 5.24. The van der Waals surface area contributed by atoms with Crippen LogP contribution in [-0.2, 0) is 0 Å². The number of rotatable bonds is 2. The summed E-state index contributed by atoms with van der Waals surface area (Å²) in [6, 6.07) is 6.89. The van der Waals surface area contributed by atoms with Crippen LogP contribution < -0.4 is 5.56 Å². The average Bonchev–Trinajstić information content (AvgIpc) is 2.56. The lowest BCUT2D eigenvalue weighted by Gasteiger charge is -2.36. The van der Waals surface area contributed by atoms with E-state index in [-0.39, 0.29) is 17.5 Å². The SMILES string of the molecule is O=C(c1cccnc1)N1CCCCC1c1ccc(=O)[nH]c1. The normalized spacial score (nSPS) is 18.5. The fourth-order valence-electron chi connectivity index (χ4n) is 2.81. The third kappa shape index (κ3) is 2.86. The summed E-state index contributed by atoms with van der Waals surface area (Å²) in [5.74, 6) is -0.000926. The van der Waals surface area contributed by atoms with E-state index in [0.29, 0.717) is 5.56 Å². The lowest BCUT2D eigenvalue weighted by atomic mass is 9.95. The van der Waals surface area contributed by atoms with Crippen molar-refractivity contribution in [2.45, 2.75) is 25.3 Å². The Kier molecular flexibility index (Phi) is 3.81. The first kappa shape index (κ1) is 13.5. The third-order valence-corrected chi connectivity index (χ3v) is 3.87.